The minimum atomic E-state index is 0.570. The van der Waals surface area contributed by atoms with Gasteiger partial charge in [0, 0.05) is 7.05 Å². The fourth-order valence-corrected chi connectivity index (χ4v) is 1.67. The summed E-state index contributed by atoms with van der Waals surface area (Å²) >= 11 is 3.36. The number of hydrogen-bond acceptors (Lipinski definition) is 2. The van der Waals surface area contributed by atoms with Gasteiger partial charge in [0.15, 0.2) is 0 Å². The molecule has 0 atom stereocenters. The molecule has 0 saturated heterocycles. The van der Waals surface area contributed by atoms with Crippen LogP contribution in [0.25, 0.3) is 0 Å². The van der Waals surface area contributed by atoms with Crippen LogP contribution in [0.4, 0.5) is 5.95 Å². The Kier molecular flexibility index (Phi) is 2.54. The lowest BCUT2D eigenvalue weighted by molar-refractivity contribution is 0.790. The highest BCUT2D eigenvalue weighted by molar-refractivity contribution is 9.10. The molecule has 1 heterocycles. The minimum absolute atomic E-state index is 0.570. The Balaban J connectivity index is 3.02. The van der Waals surface area contributed by atoms with E-state index in [0.717, 1.165) is 17.4 Å². The number of nitrogens with zero attached hydrogens (tertiary/aromatic N) is 2. The average molecular weight is 218 g/mol. The molecule has 0 aliphatic carbocycles. The topological polar surface area (TPSA) is 43.8 Å². The Labute approximate surface area is 74.7 Å². The van der Waals surface area contributed by atoms with Crippen LogP contribution in [0.15, 0.2) is 4.60 Å². The van der Waals surface area contributed by atoms with Crippen molar-refractivity contribution in [3.05, 3.63) is 10.3 Å². The molecule has 0 fully saturated rings. The SMILES string of the molecule is CCCc1c(Br)nc(N)n1C. The van der Waals surface area contributed by atoms with Crippen LogP contribution < -0.4 is 5.73 Å². The standard InChI is InChI=1S/C7H12BrN3/c1-3-4-5-6(8)10-7(9)11(5)2/h3-4H2,1-2H3,(H2,9,10). The third kappa shape index (κ3) is 1.56. The predicted molar refractivity (Wildman–Crippen MR) is 49.3 cm³/mol. The molecular weight excluding hydrogens is 206 g/mol. The zero-order chi connectivity index (χ0) is 8.43. The third-order valence-electron chi connectivity index (χ3n) is 1.69. The van der Waals surface area contributed by atoms with Crippen LogP contribution in [0.5, 0.6) is 0 Å². The van der Waals surface area contributed by atoms with E-state index in [9.17, 15) is 0 Å². The molecule has 0 amide bonds. The second kappa shape index (κ2) is 3.26. The molecule has 0 saturated carbocycles. The van der Waals surface area contributed by atoms with Crippen LogP contribution in [0.3, 0.4) is 0 Å². The van der Waals surface area contributed by atoms with Gasteiger partial charge in [0.05, 0.1) is 5.69 Å². The van der Waals surface area contributed by atoms with Crippen molar-refractivity contribution in [3.63, 3.8) is 0 Å². The largest absolute Gasteiger partial charge is 0.369 e. The second-order valence-corrected chi connectivity index (χ2v) is 3.27. The van der Waals surface area contributed by atoms with Gasteiger partial charge in [0.1, 0.15) is 4.60 Å². The molecular formula is C7H12BrN3. The second-order valence-electron chi connectivity index (χ2n) is 2.52. The highest BCUT2D eigenvalue weighted by Gasteiger charge is 2.08. The van der Waals surface area contributed by atoms with Crippen LogP contribution in [-0.4, -0.2) is 9.55 Å². The molecule has 0 aliphatic heterocycles. The highest BCUT2D eigenvalue weighted by Crippen LogP contribution is 2.19. The fourth-order valence-electron chi connectivity index (χ4n) is 1.02. The van der Waals surface area contributed by atoms with Gasteiger partial charge >= 0.3 is 0 Å². The van der Waals surface area contributed by atoms with Crippen LogP contribution in [0.2, 0.25) is 0 Å². The number of nitrogen functional groups attached to an aromatic ring is 1. The number of anilines is 1. The van der Waals surface area contributed by atoms with Crippen LogP contribution in [0.1, 0.15) is 19.0 Å². The van der Waals surface area contributed by atoms with Crippen molar-refractivity contribution in [1.82, 2.24) is 9.55 Å². The van der Waals surface area contributed by atoms with Crippen molar-refractivity contribution in [2.24, 2.45) is 7.05 Å². The zero-order valence-electron chi connectivity index (χ0n) is 6.76. The first kappa shape index (κ1) is 8.59. The van der Waals surface area contributed by atoms with E-state index in [1.54, 1.807) is 0 Å². The Morgan fingerprint density at radius 3 is 2.64 bits per heavy atom. The van der Waals surface area contributed by atoms with Gasteiger partial charge in [-0.15, -0.1) is 0 Å². The Hall–Kier alpha value is -0.510. The molecule has 1 aromatic rings. The first-order valence-corrected chi connectivity index (χ1v) is 4.42. The van der Waals surface area contributed by atoms with Crippen molar-refractivity contribution < 1.29 is 0 Å². The van der Waals surface area contributed by atoms with Crippen LogP contribution in [0, 0.1) is 0 Å². The summed E-state index contributed by atoms with van der Waals surface area (Å²) < 4.78 is 2.78. The minimum Gasteiger partial charge on any atom is -0.369 e. The third-order valence-corrected chi connectivity index (χ3v) is 2.32. The number of nitrogens with two attached hydrogens (primary N) is 1. The maximum Gasteiger partial charge on any atom is 0.201 e. The molecule has 2 N–H and O–H groups in total. The van der Waals surface area contributed by atoms with E-state index in [1.165, 1.54) is 5.69 Å². The monoisotopic (exact) mass is 217 g/mol. The molecule has 4 heteroatoms. The van der Waals surface area contributed by atoms with E-state index in [-0.39, 0.29) is 0 Å². The molecule has 0 radical (unpaired) electrons. The van der Waals surface area contributed by atoms with Gasteiger partial charge in [0.2, 0.25) is 5.95 Å². The van der Waals surface area contributed by atoms with Gasteiger partial charge in [-0.2, -0.15) is 0 Å². The van der Waals surface area contributed by atoms with Crippen LogP contribution in [-0.2, 0) is 13.5 Å². The number of halogens is 1. The maximum absolute atomic E-state index is 5.59. The first-order chi connectivity index (χ1) is 5.16. The number of aromatic nitrogens is 2. The smallest absolute Gasteiger partial charge is 0.201 e. The summed E-state index contributed by atoms with van der Waals surface area (Å²) in [5.41, 5.74) is 6.76. The van der Waals surface area contributed by atoms with Gasteiger partial charge < -0.3 is 10.3 Å². The Morgan fingerprint density at radius 2 is 2.27 bits per heavy atom. The Bertz CT molecular complexity index is 254. The first-order valence-electron chi connectivity index (χ1n) is 3.63. The summed E-state index contributed by atoms with van der Waals surface area (Å²) in [6, 6.07) is 0. The molecule has 3 nitrogen and oxygen atoms in total. The molecule has 1 aromatic heterocycles. The quantitative estimate of drug-likeness (QED) is 0.821. The maximum atomic E-state index is 5.59. The summed E-state index contributed by atoms with van der Waals surface area (Å²) in [5.74, 6) is 0.570. The normalized spacial score (nSPS) is 10.5. The molecule has 11 heavy (non-hydrogen) atoms. The molecule has 1 rings (SSSR count). The van der Waals surface area contributed by atoms with E-state index in [4.69, 9.17) is 5.73 Å². The summed E-state index contributed by atoms with van der Waals surface area (Å²) in [7, 11) is 1.93. The van der Waals surface area contributed by atoms with Crippen molar-refractivity contribution in [2.75, 3.05) is 5.73 Å². The van der Waals surface area contributed by atoms with E-state index in [1.807, 2.05) is 11.6 Å². The summed E-state index contributed by atoms with van der Waals surface area (Å²) in [6.07, 6.45) is 2.12. The zero-order valence-corrected chi connectivity index (χ0v) is 8.35. The van der Waals surface area contributed by atoms with E-state index in [0.29, 0.717) is 5.95 Å². The molecule has 0 aliphatic rings. The van der Waals surface area contributed by atoms with Gasteiger partial charge in [-0.05, 0) is 22.4 Å². The van der Waals surface area contributed by atoms with Gasteiger partial charge in [-0.25, -0.2) is 4.98 Å². The lowest BCUT2D eigenvalue weighted by atomic mass is 10.3. The molecule has 62 valence electrons. The van der Waals surface area contributed by atoms with E-state index >= 15 is 0 Å². The van der Waals surface area contributed by atoms with Crippen molar-refractivity contribution in [1.29, 1.82) is 0 Å². The average Bonchev–Trinajstić information content (AvgIpc) is 2.17. The van der Waals surface area contributed by atoms with Crippen LogP contribution >= 0.6 is 15.9 Å². The number of rotatable bonds is 2. The Morgan fingerprint density at radius 1 is 1.64 bits per heavy atom. The lowest BCUT2D eigenvalue weighted by Gasteiger charge is -2.00. The van der Waals surface area contributed by atoms with Crippen molar-refractivity contribution in [2.45, 2.75) is 19.8 Å². The summed E-state index contributed by atoms with van der Waals surface area (Å²) in [4.78, 5) is 4.09. The number of imidazole rings is 1. The lowest BCUT2D eigenvalue weighted by Crippen LogP contribution is -2.00. The summed E-state index contributed by atoms with van der Waals surface area (Å²) in [5, 5.41) is 0. The molecule has 0 bridgehead atoms. The fraction of sp³-hybridized carbons (Fsp3) is 0.571. The highest BCUT2D eigenvalue weighted by atomic mass is 79.9. The molecule has 0 spiro atoms. The van der Waals surface area contributed by atoms with E-state index in [2.05, 4.69) is 27.8 Å². The van der Waals surface area contributed by atoms with E-state index < -0.39 is 0 Å². The van der Waals surface area contributed by atoms with Gasteiger partial charge in [-0.1, -0.05) is 13.3 Å². The number of hydrogen-bond donors (Lipinski definition) is 1. The van der Waals surface area contributed by atoms with Crippen molar-refractivity contribution >= 4 is 21.9 Å². The van der Waals surface area contributed by atoms with Gasteiger partial charge in [0.25, 0.3) is 0 Å². The molecule has 0 unspecified atom stereocenters. The molecule has 0 aromatic carbocycles. The van der Waals surface area contributed by atoms with Gasteiger partial charge in [-0.3, -0.25) is 0 Å². The predicted octanol–water partition coefficient (Wildman–Crippen LogP) is 1.72. The van der Waals surface area contributed by atoms with Crippen molar-refractivity contribution in [3.8, 4) is 0 Å². The summed E-state index contributed by atoms with van der Waals surface area (Å²) in [6.45, 7) is 2.13.